The van der Waals surface area contributed by atoms with Crippen LogP contribution in [0, 0.1) is 0 Å². The van der Waals surface area contributed by atoms with Crippen LogP contribution in [-0.4, -0.2) is 5.54 Å². The Morgan fingerprint density at radius 1 is 0.617 bits per heavy atom. The van der Waals surface area contributed by atoms with Gasteiger partial charge in [0.25, 0.3) is 0 Å². The lowest BCUT2D eigenvalue weighted by Crippen LogP contribution is -2.46. The number of rotatable bonds is 4. The second-order valence-electron chi connectivity index (χ2n) is 13.7. The summed E-state index contributed by atoms with van der Waals surface area (Å²) >= 11 is 0. The Bertz CT molecular complexity index is 2120. The lowest BCUT2D eigenvalue weighted by Gasteiger charge is -2.46. The Hall–Kier alpha value is -5.26. The summed E-state index contributed by atoms with van der Waals surface area (Å²) in [6.45, 7) is 2.38. The SMILES string of the molecule is CC1(N2C3=C=C(C=CC=C3)c3ccccc32)C=CC(C2(c3ccc(N4C5=C=C(C=CC=C5)c5ccccc54)cc3)CCCCC2)=CC1. The van der Waals surface area contributed by atoms with Crippen molar-refractivity contribution in [1.29, 1.82) is 0 Å². The van der Waals surface area contributed by atoms with E-state index in [2.05, 4.69) is 168 Å². The predicted molar refractivity (Wildman–Crippen MR) is 196 cm³/mol. The van der Waals surface area contributed by atoms with Crippen LogP contribution in [0.1, 0.15) is 62.1 Å². The van der Waals surface area contributed by atoms with Crippen LogP contribution in [0.25, 0.3) is 11.1 Å². The molecule has 0 amide bonds. The van der Waals surface area contributed by atoms with E-state index in [0.717, 1.165) is 29.0 Å². The van der Waals surface area contributed by atoms with E-state index >= 15 is 0 Å². The van der Waals surface area contributed by atoms with Gasteiger partial charge in [0.2, 0.25) is 0 Å². The molecule has 4 aliphatic carbocycles. The molecule has 6 aliphatic rings. The van der Waals surface area contributed by atoms with E-state index in [4.69, 9.17) is 0 Å². The molecule has 2 heterocycles. The molecular weight excluding hydrogens is 569 g/mol. The normalized spacial score (nSPS) is 23.0. The molecule has 0 N–H and O–H groups in total. The van der Waals surface area contributed by atoms with Gasteiger partial charge in [-0.05, 0) is 85.9 Å². The van der Waals surface area contributed by atoms with E-state index in [1.54, 1.807) is 0 Å². The van der Waals surface area contributed by atoms with E-state index in [9.17, 15) is 0 Å². The number of para-hydroxylation sites is 2. The predicted octanol–water partition coefficient (Wildman–Crippen LogP) is 11.2. The smallest absolute Gasteiger partial charge is 0.0896 e. The van der Waals surface area contributed by atoms with E-state index < -0.39 is 0 Å². The van der Waals surface area contributed by atoms with Crippen LogP contribution in [0.5, 0.6) is 0 Å². The van der Waals surface area contributed by atoms with Crippen molar-refractivity contribution in [3.05, 3.63) is 185 Å². The molecule has 0 aromatic heterocycles. The topological polar surface area (TPSA) is 6.48 Å². The van der Waals surface area contributed by atoms with E-state index in [1.165, 1.54) is 71.4 Å². The molecule has 2 nitrogen and oxygen atoms in total. The second-order valence-corrected chi connectivity index (χ2v) is 13.7. The summed E-state index contributed by atoms with van der Waals surface area (Å²) < 4.78 is 0. The van der Waals surface area contributed by atoms with Crippen molar-refractivity contribution in [2.45, 2.75) is 56.4 Å². The van der Waals surface area contributed by atoms with Crippen molar-refractivity contribution < 1.29 is 0 Å². The molecule has 1 saturated carbocycles. The third kappa shape index (κ3) is 4.49. The highest BCUT2D eigenvalue weighted by molar-refractivity contribution is 5.91. The maximum Gasteiger partial charge on any atom is 0.0896 e. The number of benzene rings is 3. The maximum absolute atomic E-state index is 3.72. The van der Waals surface area contributed by atoms with Gasteiger partial charge in [0, 0.05) is 33.4 Å². The summed E-state index contributed by atoms with van der Waals surface area (Å²) in [7, 11) is 0. The molecule has 0 spiro atoms. The number of fused-ring (bicyclic) bond motifs is 4. The fourth-order valence-corrected chi connectivity index (χ4v) is 8.57. The molecular formula is C45H38N2. The summed E-state index contributed by atoms with van der Waals surface area (Å²) in [6.07, 6.45) is 31.9. The van der Waals surface area contributed by atoms with Crippen molar-refractivity contribution >= 4 is 28.2 Å². The van der Waals surface area contributed by atoms with Crippen LogP contribution in [0.3, 0.4) is 0 Å². The van der Waals surface area contributed by atoms with E-state index in [-0.39, 0.29) is 11.0 Å². The van der Waals surface area contributed by atoms with Gasteiger partial charge in [0.05, 0.1) is 28.3 Å². The second kappa shape index (κ2) is 10.9. The number of hydrogen-bond acceptors (Lipinski definition) is 2. The molecule has 4 bridgehead atoms. The van der Waals surface area contributed by atoms with Gasteiger partial charge in [-0.2, -0.15) is 0 Å². The lowest BCUT2D eigenvalue weighted by molar-refractivity contribution is 0.341. The number of nitrogens with zero attached hydrogens (tertiary/aromatic N) is 2. The summed E-state index contributed by atoms with van der Waals surface area (Å²) in [4.78, 5) is 4.86. The standard InChI is InChI=1S/C45H38N2/c1-44(47-39-16-6-4-14-34(32-39)41-18-8-10-20-43(41)47)29-25-36(26-30-44)45(27-11-2-12-28-45)35-21-23-37(24-22-35)46-38-15-5-3-13-33(31-38)40-17-7-9-19-42(40)46/h3-10,13-26,29H,2,11-12,27-28,30H2,1H3. The molecule has 47 heavy (non-hydrogen) atoms. The van der Waals surface area contributed by atoms with Gasteiger partial charge in [-0.15, -0.1) is 0 Å². The average Bonchev–Trinajstić information content (AvgIpc) is 3.46. The summed E-state index contributed by atoms with van der Waals surface area (Å²) in [5.41, 5.74) is 20.8. The first-order chi connectivity index (χ1) is 23.1. The lowest BCUT2D eigenvalue weighted by atomic mass is 9.63. The van der Waals surface area contributed by atoms with Gasteiger partial charge in [-0.1, -0.05) is 122 Å². The van der Waals surface area contributed by atoms with Crippen molar-refractivity contribution in [2.24, 2.45) is 0 Å². The van der Waals surface area contributed by atoms with Crippen LogP contribution in [0.15, 0.2) is 168 Å². The number of allylic oxidation sites excluding steroid dienone is 10. The van der Waals surface area contributed by atoms with Crippen molar-refractivity contribution in [2.75, 3.05) is 9.80 Å². The first-order valence-electron chi connectivity index (χ1n) is 17.1. The average molecular weight is 607 g/mol. The van der Waals surface area contributed by atoms with Crippen LogP contribution in [-0.2, 0) is 5.41 Å². The Balaban J connectivity index is 1.06. The highest BCUT2D eigenvalue weighted by Gasteiger charge is 2.41. The zero-order valence-corrected chi connectivity index (χ0v) is 26.9. The Kier molecular flexibility index (Phi) is 6.51. The fraction of sp³-hybridized carbons (Fsp3) is 0.200. The van der Waals surface area contributed by atoms with Crippen LogP contribution in [0.2, 0.25) is 0 Å². The summed E-state index contributed by atoms with van der Waals surface area (Å²) in [5.74, 6) is 0. The third-order valence-electron chi connectivity index (χ3n) is 10.9. The minimum atomic E-state index is -0.190. The van der Waals surface area contributed by atoms with Gasteiger partial charge in [-0.25, -0.2) is 0 Å². The molecule has 1 fully saturated rings. The number of anilines is 3. The van der Waals surface area contributed by atoms with Crippen LogP contribution >= 0.6 is 0 Å². The van der Waals surface area contributed by atoms with Gasteiger partial charge >= 0.3 is 0 Å². The Morgan fingerprint density at radius 3 is 1.94 bits per heavy atom. The third-order valence-corrected chi connectivity index (χ3v) is 10.9. The van der Waals surface area contributed by atoms with E-state index in [1.807, 2.05) is 0 Å². The van der Waals surface area contributed by atoms with Gasteiger partial charge in [-0.3, -0.25) is 0 Å². The molecule has 228 valence electrons. The zero-order chi connectivity index (χ0) is 31.4. The van der Waals surface area contributed by atoms with Gasteiger partial charge in [0.1, 0.15) is 0 Å². The molecule has 9 rings (SSSR count). The van der Waals surface area contributed by atoms with Gasteiger partial charge in [0.15, 0.2) is 0 Å². The molecule has 3 aromatic carbocycles. The highest BCUT2D eigenvalue weighted by Crippen LogP contribution is 2.50. The van der Waals surface area contributed by atoms with Gasteiger partial charge < -0.3 is 9.80 Å². The minimum absolute atomic E-state index is 0.0329. The first kappa shape index (κ1) is 28.0. The van der Waals surface area contributed by atoms with Crippen molar-refractivity contribution in [1.82, 2.24) is 0 Å². The number of hydrogen-bond donors (Lipinski definition) is 0. The monoisotopic (exact) mass is 606 g/mol. The first-order valence-corrected chi connectivity index (χ1v) is 17.1. The minimum Gasteiger partial charge on any atom is -0.325 e. The Labute approximate surface area is 278 Å². The van der Waals surface area contributed by atoms with Crippen molar-refractivity contribution in [3.8, 4) is 0 Å². The van der Waals surface area contributed by atoms with E-state index in [0.29, 0.717) is 0 Å². The molecule has 0 saturated heterocycles. The molecule has 1 unspecified atom stereocenters. The highest BCUT2D eigenvalue weighted by atomic mass is 15.2. The maximum atomic E-state index is 3.72. The molecule has 0 radical (unpaired) electrons. The largest absolute Gasteiger partial charge is 0.325 e. The van der Waals surface area contributed by atoms with Crippen LogP contribution < -0.4 is 9.80 Å². The molecule has 3 aromatic rings. The summed E-state index contributed by atoms with van der Waals surface area (Å²) in [6, 6.07) is 27.0. The molecule has 2 heteroatoms. The van der Waals surface area contributed by atoms with Crippen LogP contribution in [0.4, 0.5) is 17.1 Å². The molecule has 1 atom stereocenters. The quantitative estimate of drug-likeness (QED) is 0.273. The summed E-state index contributed by atoms with van der Waals surface area (Å²) in [5, 5.41) is 0. The zero-order valence-electron chi connectivity index (χ0n) is 26.9. The fourth-order valence-electron chi connectivity index (χ4n) is 8.57. The Morgan fingerprint density at radius 2 is 1.23 bits per heavy atom. The van der Waals surface area contributed by atoms with Crippen molar-refractivity contribution in [3.63, 3.8) is 0 Å². The molecule has 2 aliphatic heterocycles.